The van der Waals surface area contributed by atoms with E-state index < -0.39 is 10.0 Å². The van der Waals surface area contributed by atoms with Crippen LogP contribution in [-0.4, -0.2) is 32.5 Å². The number of aromatic nitrogens is 1. The summed E-state index contributed by atoms with van der Waals surface area (Å²) in [5.74, 6) is 0.583. The Morgan fingerprint density at radius 3 is 2.50 bits per heavy atom. The number of piperidine rings is 1. The Kier molecular flexibility index (Phi) is 4.28. The van der Waals surface area contributed by atoms with Crippen molar-refractivity contribution in [3.05, 3.63) is 36.4 Å². The van der Waals surface area contributed by atoms with E-state index >= 15 is 0 Å². The molecule has 0 atom stereocenters. The highest BCUT2D eigenvalue weighted by atomic mass is 32.2. The minimum atomic E-state index is -3.48. The van der Waals surface area contributed by atoms with Crippen LogP contribution in [0.25, 0.3) is 11.3 Å². The van der Waals surface area contributed by atoms with Gasteiger partial charge >= 0.3 is 0 Å². The van der Waals surface area contributed by atoms with E-state index in [0.717, 1.165) is 31.5 Å². The number of sulfonamides is 1. The number of hydrogen-bond acceptors (Lipinski definition) is 5. The van der Waals surface area contributed by atoms with Gasteiger partial charge in [0.2, 0.25) is 10.0 Å². The van der Waals surface area contributed by atoms with Crippen molar-refractivity contribution >= 4 is 10.0 Å². The van der Waals surface area contributed by atoms with Gasteiger partial charge in [-0.1, -0.05) is 12.1 Å². The van der Waals surface area contributed by atoms with E-state index in [1.54, 1.807) is 37.5 Å². The molecule has 0 spiro atoms. The average molecular weight is 321 g/mol. The normalized spacial score (nSPS) is 16.8. The summed E-state index contributed by atoms with van der Waals surface area (Å²) >= 11 is 0. The third kappa shape index (κ3) is 3.37. The Morgan fingerprint density at radius 1 is 1.23 bits per heavy atom. The van der Waals surface area contributed by atoms with Crippen LogP contribution in [0.5, 0.6) is 0 Å². The summed E-state index contributed by atoms with van der Waals surface area (Å²) in [6.07, 6.45) is 3.19. The zero-order valence-electron chi connectivity index (χ0n) is 12.4. The van der Waals surface area contributed by atoms with Crippen molar-refractivity contribution in [2.75, 3.05) is 13.1 Å². The summed E-state index contributed by atoms with van der Waals surface area (Å²) in [5.41, 5.74) is 1.53. The fourth-order valence-electron chi connectivity index (χ4n) is 2.53. The van der Waals surface area contributed by atoms with E-state index in [0.29, 0.717) is 11.6 Å². The second-order valence-electron chi connectivity index (χ2n) is 5.42. The van der Waals surface area contributed by atoms with Crippen molar-refractivity contribution in [2.45, 2.75) is 30.7 Å². The zero-order valence-corrected chi connectivity index (χ0v) is 13.2. The smallest absolute Gasteiger partial charge is 0.240 e. The summed E-state index contributed by atoms with van der Waals surface area (Å²) in [6, 6.07) is 6.69. The Hall–Kier alpha value is -1.70. The Balaban J connectivity index is 1.76. The van der Waals surface area contributed by atoms with Gasteiger partial charge in [0.25, 0.3) is 0 Å². The lowest BCUT2D eigenvalue weighted by atomic mass is 10.1. The number of hydrogen-bond donors (Lipinski definition) is 2. The molecule has 2 N–H and O–H groups in total. The van der Waals surface area contributed by atoms with Crippen LogP contribution >= 0.6 is 0 Å². The first-order chi connectivity index (χ1) is 10.5. The predicted octanol–water partition coefficient (Wildman–Crippen LogP) is 1.68. The largest absolute Gasteiger partial charge is 0.449 e. The van der Waals surface area contributed by atoms with Gasteiger partial charge in [-0.15, -0.1) is 0 Å². The monoisotopic (exact) mass is 321 g/mol. The van der Waals surface area contributed by atoms with Gasteiger partial charge in [-0.05, 0) is 38.1 Å². The summed E-state index contributed by atoms with van der Waals surface area (Å²) in [4.78, 5) is 4.50. The molecule has 0 radical (unpaired) electrons. The van der Waals surface area contributed by atoms with Gasteiger partial charge in [0.15, 0.2) is 5.89 Å². The minimum absolute atomic E-state index is 0.00381. The highest BCUT2D eigenvalue weighted by Gasteiger charge is 2.21. The topological polar surface area (TPSA) is 84.2 Å². The summed E-state index contributed by atoms with van der Waals surface area (Å²) in [7, 11) is -3.48. The third-order valence-corrected chi connectivity index (χ3v) is 5.28. The molecule has 1 aliphatic rings. The molecule has 1 aromatic heterocycles. The molecule has 1 aliphatic heterocycles. The number of oxazole rings is 1. The van der Waals surface area contributed by atoms with E-state index in [2.05, 4.69) is 15.0 Å². The Labute approximate surface area is 130 Å². The lowest BCUT2D eigenvalue weighted by Gasteiger charge is -2.23. The van der Waals surface area contributed by atoms with Crippen LogP contribution in [0, 0.1) is 6.92 Å². The molecular weight excluding hydrogens is 302 g/mol. The molecule has 22 heavy (non-hydrogen) atoms. The van der Waals surface area contributed by atoms with Gasteiger partial charge in [0, 0.05) is 18.5 Å². The van der Waals surface area contributed by atoms with Crippen LogP contribution < -0.4 is 10.0 Å². The van der Waals surface area contributed by atoms with Gasteiger partial charge < -0.3 is 9.73 Å². The molecule has 1 aromatic carbocycles. The second kappa shape index (κ2) is 6.20. The lowest BCUT2D eigenvalue weighted by Crippen LogP contribution is -2.42. The SMILES string of the molecule is Cc1nc(-c2ccc(S(=O)(=O)NC3CCNCC3)cc2)co1. The van der Waals surface area contributed by atoms with Crippen molar-refractivity contribution in [1.82, 2.24) is 15.0 Å². The fourth-order valence-corrected chi connectivity index (χ4v) is 3.83. The summed E-state index contributed by atoms with van der Waals surface area (Å²) < 4.78 is 32.7. The van der Waals surface area contributed by atoms with Gasteiger partial charge in [0.05, 0.1) is 4.90 Å². The van der Waals surface area contributed by atoms with E-state index in [9.17, 15) is 8.42 Å². The number of nitrogens with zero attached hydrogens (tertiary/aromatic N) is 1. The Bertz CT molecular complexity index is 732. The quantitative estimate of drug-likeness (QED) is 0.895. The van der Waals surface area contributed by atoms with Crippen LogP contribution in [0.15, 0.2) is 39.8 Å². The first-order valence-electron chi connectivity index (χ1n) is 7.30. The molecule has 0 aliphatic carbocycles. The van der Waals surface area contributed by atoms with Gasteiger partial charge in [-0.25, -0.2) is 18.1 Å². The number of nitrogens with one attached hydrogen (secondary N) is 2. The summed E-state index contributed by atoms with van der Waals surface area (Å²) in [5, 5.41) is 3.22. The first-order valence-corrected chi connectivity index (χ1v) is 8.78. The van der Waals surface area contributed by atoms with Crippen molar-refractivity contribution in [2.24, 2.45) is 0 Å². The molecule has 0 amide bonds. The molecule has 7 heteroatoms. The van der Waals surface area contributed by atoms with Gasteiger partial charge in [-0.2, -0.15) is 0 Å². The van der Waals surface area contributed by atoms with E-state index in [1.165, 1.54) is 0 Å². The molecule has 0 bridgehead atoms. The second-order valence-corrected chi connectivity index (χ2v) is 7.14. The number of rotatable bonds is 4. The molecule has 6 nitrogen and oxygen atoms in total. The van der Waals surface area contributed by atoms with Crippen molar-refractivity contribution in [3.8, 4) is 11.3 Å². The van der Waals surface area contributed by atoms with Crippen molar-refractivity contribution in [1.29, 1.82) is 0 Å². The van der Waals surface area contributed by atoms with E-state index in [-0.39, 0.29) is 10.9 Å². The predicted molar refractivity (Wildman–Crippen MR) is 82.9 cm³/mol. The first kappa shape index (κ1) is 15.2. The van der Waals surface area contributed by atoms with Crippen LogP contribution in [0.3, 0.4) is 0 Å². The molecule has 1 saturated heterocycles. The Morgan fingerprint density at radius 2 is 1.91 bits per heavy atom. The number of aryl methyl sites for hydroxylation is 1. The van der Waals surface area contributed by atoms with Gasteiger partial charge in [-0.3, -0.25) is 0 Å². The molecule has 118 valence electrons. The standard InChI is InChI=1S/C15H19N3O3S/c1-11-17-15(10-21-11)12-2-4-14(5-3-12)22(19,20)18-13-6-8-16-9-7-13/h2-5,10,13,16,18H,6-9H2,1H3. The number of benzene rings is 1. The van der Waals surface area contributed by atoms with E-state index in [1.807, 2.05) is 0 Å². The maximum atomic E-state index is 12.4. The summed E-state index contributed by atoms with van der Waals surface area (Å²) in [6.45, 7) is 3.46. The van der Waals surface area contributed by atoms with Gasteiger partial charge in [0.1, 0.15) is 12.0 Å². The molecule has 3 rings (SSSR count). The van der Waals surface area contributed by atoms with Crippen LogP contribution in [0.1, 0.15) is 18.7 Å². The molecular formula is C15H19N3O3S. The van der Waals surface area contributed by atoms with Crippen molar-refractivity contribution in [3.63, 3.8) is 0 Å². The average Bonchev–Trinajstić information content (AvgIpc) is 2.95. The fraction of sp³-hybridized carbons (Fsp3) is 0.400. The molecule has 2 aromatic rings. The molecule has 0 saturated carbocycles. The minimum Gasteiger partial charge on any atom is -0.449 e. The van der Waals surface area contributed by atoms with Crippen LogP contribution in [0.2, 0.25) is 0 Å². The maximum absolute atomic E-state index is 12.4. The third-order valence-electron chi connectivity index (χ3n) is 3.74. The van der Waals surface area contributed by atoms with E-state index in [4.69, 9.17) is 4.42 Å². The van der Waals surface area contributed by atoms with Crippen LogP contribution in [0.4, 0.5) is 0 Å². The highest BCUT2D eigenvalue weighted by molar-refractivity contribution is 7.89. The molecule has 1 fully saturated rings. The maximum Gasteiger partial charge on any atom is 0.240 e. The van der Waals surface area contributed by atoms with Crippen molar-refractivity contribution < 1.29 is 12.8 Å². The highest BCUT2D eigenvalue weighted by Crippen LogP contribution is 2.21. The zero-order chi connectivity index (χ0) is 15.6. The molecule has 2 heterocycles. The van der Waals surface area contributed by atoms with Crippen LogP contribution in [-0.2, 0) is 10.0 Å². The molecule has 0 unspecified atom stereocenters. The lowest BCUT2D eigenvalue weighted by molar-refractivity contribution is 0.427.